The smallest absolute Gasteiger partial charge is 0.407 e. The summed E-state index contributed by atoms with van der Waals surface area (Å²) in [6.45, 7) is 23.0. The predicted molar refractivity (Wildman–Crippen MR) is 206 cm³/mol. The third kappa shape index (κ3) is 13.2. The molecule has 2 aromatic carbocycles. The van der Waals surface area contributed by atoms with Crippen LogP contribution in [0.4, 0.5) is 4.79 Å². The first-order chi connectivity index (χ1) is 23.6. The Balaban J connectivity index is 2.07. The maximum Gasteiger partial charge on any atom is 0.407 e. The Morgan fingerprint density at radius 2 is 1.47 bits per heavy atom. The second-order valence-corrected chi connectivity index (χ2v) is 21.8. The van der Waals surface area contributed by atoms with E-state index in [-0.39, 0.29) is 28.6 Å². The minimum atomic E-state index is -2.46. The molecule has 0 spiro atoms. The molecule has 3 amide bonds. The number of carbonyl (C=O) groups is 4. The molecule has 0 bridgehead atoms. The van der Waals surface area contributed by atoms with Gasteiger partial charge in [-0.1, -0.05) is 94.8 Å². The van der Waals surface area contributed by atoms with Crippen LogP contribution in [0.2, 0.25) is 18.1 Å². The van der Waals surface area contributed by atoms with Crippen LogP contribution >= 0.6 is 0 Å². The average molecular weight is 722 g/mol. The number of hydrogen-bond acceptors (Lipinski definition) is 6. The maximum atomic E-state index is 14.6. The summed E-state index contributed by atoms with van der Waals surface area (Å²) in [7, 11) is -2.46. The quantitative estimate of drug-likeness (QED) is 0.197. The normalized spacial score (nSPS) is 16.6. The molecule has 10 heteroatoms. The van der Waals surface area contributed by atoms with Gasteiger partial charge in [-0.05, 0) is 82.1 Å². The number of benzene rings is 2. The summed E-state index contributed by atoms with van der Waals surface area (Å²) in [5.74, 6) is -1.01. The van der Waals surface area contributed by atoms with Crippen molar-refractivity contribution in [3.8, 4) is 0 Å². The molecule has 2 N–H and O–H groups in total. The minimum absolute atomic E-state index is 0.145. The van der Waals surface area contributed by atoms with E-state index in [1.54, 1.807) is 4.90 Å². The van der Waals surface area contributed by atoms with Crippen molar-refractivity contribution in [2.45, 2.75) is 136 Å². The highest BCUT2D eigenvalue weighted by atomic mass is 28.4. The Morgan fingerprint density at radius 3 is 2.02 bits per heavy atom. The molecule has 51 heavy (non-hydrogen) atoms. The molecule has 1 heterocycles. The fourth-order valence-corrected chi connectivity index (χ4v) is 7.47. The number of alkyl carbamates (subject to hydrolysis) is 1. The van der Waals surface area contributed by atoms with Crippen LogP contribution in [0.25, 0.3) is 0 Å². The van der Waals surface area contributed by atoms with Crippen LogP contribution in [-0.2, 0) is 36.4 Å². The molecular weight excluding hydrogens is 659 g/mol. The zero-order valence-corrected chi connectivity index (χ0v) is 33.9. The topological polar surface area (TPSA) is 114 Å². The van der Waals surface area contributed by atoms with Crippen LogP contribution in [0.5, 0.6) is 0 Å². The van der Waals surface area contributed by atoms with Gasteiger partial charge in [0.15, 0.2) is 8.32 Å². The highest BCUT2D eigenvalue weighted by molar-refractivity contribution is 6.74. The van der Waals surface area contributed by atoms with Crippen LogP contribution in [0.15, 0.2) is 54.6 Å². The van der Waals surface area contributed by atoms with Crippen molar-refractivity contribution in [3.63, 3.8) is 0 Å². The number of likely N-dealkylation sites (tertiary alicyclic amines) is 1. The van der Waals surface area contributed by atoms with E-state index in [9.17, 15) is 19.2 Å². The third-order valence-corrected chi connectivity index (χ3v) is 14.5. The summed E-state index contributed by atoms with van der Waals surface area (Å²) < 4.78 is 12.9. The van der Waals surface area contributed by atoms with Gasteiger partial charge in [-0.25, -0.2) is 4.79 Å². The molecule has 0 radical (unpaired) electrons. The lowest BCUT2D eigenvalue weighted by molar-refractivity contribution is -0.141. The molecule has 4 atom stereocenters. The zero-order valence-electron chi connectivity index (χ0n) is 32.9. The molecule has 1 saturated heterocycles. The Labute approximate surface area is 307 Å². The molecule has 0 saturated carbocycles. The maximum absolute atomic E-state index is 14.6. The van der Waals surface area contributed by atoms with Gasteiger partial charge < -0.3 is 24.7 Å². The van der Waals surface area contributed by atoms with Crippen LogP contribution in [-0.4, -0.2) is 73.8 Å². The first kappa shape index (κ1) is 41.9. The minimum Gasteiger partial charge on any atom is -0.444 e. The number of hydrogen-bond donors (Lipinski definition) is 2. The van der Waals surface area contributed by atoms with Crippen molar-refractivity contribution >= 4 is 32.0 Å². The van der Waals surface area contributed by atoms with E-state index in [4.69, 9.17) is 9.16 Å². The Bertz CT molecular complexity index is 1470. The molecule has 0 unspecified atom stereocenters. The van der Waals surface area contributed by atoms with Crippen molar-refractivity contribution in [1.82, 2.24) is 15.5 Å². The molecule has 0 aromatic heterocycles. The van der Waals surface area contributed by atoms with Gasteiger partial charge in [0.2, 0.25) is 11.8 Å². The van der Waals surface area contributed by atoms with Crippen LogP contribution in [0, 0.1) is 18.8 Å². The van der Waals surface area contributed by atoms with Gasteiger partial charge >= 0.3 is 6.09 Å². The highest BCUT2D eigenvalue weighted by Gasteiger charge is 2.43. The van der Waals surface area contributed by atoms with Gasteiger partial charge in [0.25, 0.3) is 0 Å². The van der Waals surface area contributed by atoms with Gasteiger partial charge in [0.1, 0.15) is 17.4 Å². The number of nitrogens with zero attached hydrogens (tertiary/aromatic N) is 1. The number of rotatable bonds is 14. The zero-order chi connectivity index (χ0) is 38.1. The number of ether oxygens (including phenoxy) is 1. The van der Waals surface area contributed by atoms with E-state index in [2.05, 4.69) is 50.6 Å². The molecule has 1 aliphatic heterocycles. The molecule has 9 nitrogen and oxygen atoms in total. The standard InChI is InChI=1S/C41H63N3O6Si/c1-28(2)36(38(47)44-22-20-33(45)21-23-44)43-37(46)32(25-31-19-15-16-29(3)24-31)27-35(50-51(10,11)41(7,8)9)34(26-30-17-13-12-14-18-30)42-39(48)49-40(4,5)6/h12-19,24,28,32,34-36H,20-23,25-27H2,1-11H3,(H,42,48)(H,43,46)/t32-,34+,35+,36+/m1/s1. The first-order valence-electron chi connectivity index (χ1n) is 18.5. The lowest BCUT2D eigenvalue weighted by Gasteiger charge is -2.42. The fraction of sp³-hybridized carbons (Fsp3) is 0.610. The van der Waals surface area contributed by atoms with Crippen LogP contribution in [0.1, 0.15) is 91.3 Å². The monoisotopic (exact) mass is 721 g/mol. The number of amides is 3. The van der Waals surface area contributed by atoms with Gasteiger partial charge in [-0.15, -0.1) is 0 Å². The number of aryl methyl sites for hydroxylation is 1. The van der Waals surface area contributed by atoms with Gasteiger partial charge in [0, 0.05) is 31.8 Å². The number of carbonyl (C=O) groups excluding carboxylic acids is 4. The van der Waals surface area contributed by atoms with E-state index in [1.807, 2.05) is 90.1 Å². The summed E-state index contributed by atoms with van der Waals surface area (Å²) in [6.07, 6.45) is 0.765. The number of ketones is 1. The second kappa shape index (κ2) is 17.8. The second-order valence-electron chi connectivity index (χ2n) is 17.1. The summed E-state index contributed by atoms with van der Waals surface area (Å²) in [5.41, 5.74) is 2.41. The largest absolute Gasteiger partial charge is 0.444 e. The summed E-state index contributed by atoms with van der Waals surface area (Å²) in [5, 5.41) is 6.16. The predicted octanol–water partition coefficient (Wildman–Crippen LogP) is 7.40. The molecular formula is C41H63N3O6Si. The van der Waals surface area contributed by atoms with Crippen molar-refractivity contribution in [2.24, 2.45) is 11.8 Å². The lowest BCUT2D eigenvalue weighted by atomic mass is 9.87. The van der Waals surface area contributed by atoms with Crippen LogP contribution < -0.4 is 10.6 Å². The summed E-state index contributed by atoms with van der Waals surface area (Å²) >= 11 is 0. The van der Waals surface area contributed by atoms with Gasteiger partial charge in [-0.2, -0.15) is 0 Å². The van der Waals surface area contributed by atoms with E-state index >= 15 is 0 Å². The van der Waals surface area contributed by atoms with E-state index in [0.29, 0.717) is 45.2 Å². The molecule has 2 aromatic rings. The number of nitrogens with one attached hydrogen (secondary N) is 2. The molecule has 0 aliphatic carbocycles. The molecule has 3 rings (SSSR count). The van der Waals surface area contributed by atoms with Crippen LogP contribution in [0.3, 0.4) is 0 Å². The lowest BCUT2D eigenvalue weighted by Crippen LogP contribution is -2.56. The fourth-order valence-electron chi connectivity index (χ4n) is 6.10. The van der Waals surface area contributed by atoms with E-state index < -0.39 is 44.1 Å². The molecule has 1 aliphatic rings. The van der Waals surface area contributed by atoms with Gasteiger partial charge in [0.05, 0.1) is 12.1 Å². The third-order valence-electron chi connectivity index (χ3n) is 10.0. The number of piperidine rings is 1. The molecule has 1 fully saturated rings. The van der Waals surface area contributed by atoms with Gasteiger partial charge in [-0.3, -0.25) is 14.4 Å². The van der Waals surface area contributed by atoms with E-state index in [0.717, 1.165) is 16.7 Å². The Morgan fingerprint density at radius 1 is 0.863 bits per heavy atom. The van der Waals surface area contributed by atoms with E-state index in [1.165, 1.54) is 0 Å². The van der Waals surface area contributed by atoms with Crippen molar-refractivity contribution in [2.75, 3.05) is 13.1 Å². The highest BCUT2D eigenvalue weighted by Crippen LogP contribution is 2.39. The summed E-state index contributed by atoms with van der Waals surface area (Å²) in [6, 6.07) is 16.8. The van der Waals surface area contributed by atoms with Crippen molar-refractivity contribution in [3.05, 3.63) is 71.3 Å². The summed E-state index contributed by atoms with van der Waals surface area (Å²) in [4.78, 5) is 55.4. The van der Waals surface area contributed by atoms with Crippen molar-refractivity contribution in [1.29, 1.82) is 0 Å². The SMILES string of the molecule is Cc1cccc(C[C@H](C[C@H](O[Si](C)(C)C(C)(C)C)[C@H](Cc2ccccc2)NC(=O)OC(C)(C)C)C(=O)N[C@H](C(=O)N2CCC(=O)CC2)C(C)C)c1. The Kier molecular flexibility index (Phi) is 14.6. The Hall–Kier alpha value is -3.50. The molecule has 282 valence electrons. The average Bonchev–Trinajstić information content (AvgIpc) is 3.01. The first-order valence-corrected chi connectivity index (χ1v) is 21.4. The van der Waals surface area contributed by atoms with Crippen molar-refractivity contribution < 1.29 is 28.3 Å². The number of Topliss-reactive ketones (excluding diaryl/α,β-unsaturated/α-hetero) is 1.